The van der Waals surface area contributed by atoms with Gasteiger partial charge in [0.25, 0.3) is 17.7 Å². The number of alkyl halides is 3. The second kappa shape index (κ2) is 11.9. The number of nitrogens with zero attached hydrogens (tertiary/aromatic N) is 3. The van der Waals surface area contributed by atoms with Crippen molar-refractivity contribution in [2.45, 2.75) is 44.1 Å². The number of piperidine rings is 2. The van der Waals surface area contributed by atoms with Gasteiger partial charge in [-0.05, 0) is 44.5 Å². The van der Waals surface area contributed by atoms with Gasteiger partial charge in [0.1, 0.15) is 5.75 Å². The standard InChI is InChI=1S/C26H31F3N4O5/c1-36-22-14-17(15-30-24(22)37-2)25(35)33-13-10-19(20(16-33)32-11-6-3-7-12-32)31-23(34)18-8-4-5-9-21(18)38-26(27,28)29/h4-5,8-9,14-15,19-20H,3,6-7,10-13,16H2,1-2H3,(H,31,34)/t19-,20-/m1/s1. The number of benzene rings is 1. The van der Waals surface area contributed by atoms with Gasteiger partial charge in [0.05, 0.1) is 25.3 Å². The molecule has 1 aromatic heterocycles. The van der Waals surface area contributed by atoms with Crippen LogP contribution >= 0.6 is 0 Å². The van der Waals surface area contributed by atoms with Crippen LogP contribution in [0.5, 0.6) is 17.4 Å². The molecule has 2 aliphatic rings. The predicted octanol–water partition coefficient (Wildman–Crippen LogP) is 3.50. The van der Waals surface area contributed by atoms with Crippen molar-refractivity contribution in [1.82, 2.24) is 20.1 Å². The maximum Gasteiger partial charge on any atom is 0.573 e. The molecule has 0 bridgehead atoms. The number of carbonyl (C=O) groups is 2. The van der Waals surface area contributed by atoms with Crippen molar-refractivity contribution in [3.05, 3.63) is 47.7 Å². The minimum atomic E-state index is -4.92. The van der Waals surface area contributed by atoms with E-state index in [1.54, 1.807) is 11.0 Å². The average Bonchev–Trinajstić information content (AvgIpc) is 2.92. The van der Waals surface area contributed by atoms with E-state index in [4.69, 9.17) is 9.47 Å². The van der Waals surface area contributed by atoms with Gasteiger partial charge < -0.3 is 24.4 Å². The van der Waals surface area contributed by atoms with E-state index in [0.717, 1.165) is 38.4 Å². The van der Waals surface area contributed by atoms with Gasteiger partial charge in [-0.2, -0.15) is 0 Å². The summed E-state index contributed by atoms with van der Waals surface area (Å²) in [6, 6.07) is 6.28. The lowest BCUT2D eigenvalue weighted by atomic mass is 9.94. The molecule has 0 saturated carbocycles. The molecule has 2 saturated heterocycles. The van der Waals surface area contributed by atoms with E-state index in [1.165, 1.54) is 38.6 Å². The predicted molar refractivity (Wildman–Crippen MR) is 131 cm³/mol. The first-order chi connectivity index (χ1) is 18.2. The van der Waals surface area contributed by atoms with Gasteiger partial charge in [0, 0.05) is 37.4 Å². The number of methoxy groups -OCH3 is 2. The zero-order valence-corrected chi connectivity index (χ0v) is 21.3. The van der Waals surface area contributed by atoms with Crippen molar-refractivity contribution < 1.29 is 37.0 Å². The molecule has 38 heavy (non-hydrogen) atoms. The summed E-state index contributed by atoms with van der Waals surface area (Å²) < 4.78 is 53.1. The van der Waals surface area contributed by atoms with Crippen LogP contribution in [-0.4, -0.2) is 85.4 Å². The van der Waals surface area contributed by atoms with E-state index >= 15 is 0 Å². The van der Waals surface area contributed by atoms with Crippen LogP contribution in [0.4, 0.5) is 13.2 Å². The number of aromatic nitrogens is 1. The number of halogens is 3. The highest BCUT2D eigenvalue weighted by Gasteiger charge is 2.38. The van der Waals surface area contributed by atoms with Gasteiger partial charge in [-0.25, -0.2) is 4.98 Å². The number of pyridine rings is 1. The lowest BCUT2D eigenvalue weighted by Crippen LogP contribution is -2.62. The third kappa shape index (κ3) is 6.47. The second-order valence-corrected chi connectivity index (χ2v) is 9.26. The molecule has 206 valence electrons. The van der Waals surface area contributed by atoms with Crippen LogP contribution in [0.2, 0.25) is 0 Å². The summed E-state index contributed by atoms with van der Waals surface area (Å²) in [5.74, 6) is -0.824. The molecule has 9 nitrogen and oxygen atoms in total. The summed E-state index contributed by atoms with van der Waals surface area (Å²) in [5, 5.41) is 2.93. The average molecular weight is 537 g/mol. The molecule has 0 radical (unpaired) electrons. The lowest BCUT2D eigenvalue weighted by Gasteiger charge is -2.45. The molecule has 0 spiro atoms. The molecular formula is C26H31F3N4O5. The normalized spacial score (nSPS) is 20.5. The Hall–Kier alpha value is -3.54. The summed E-state index contributed by atoms with van der Waals surface area (Å²) in [7, 11) is 2.93. The quantitative estimate of drug-likeness (QED) is 0.579. The topological polar surface area (TPSA) is 93.2 Å². The van der Waals surface area contributed by atoms with E-state index in [2.05, 4.69) is 19.9 Å². The third-order valence-corrected chi connectivity index (χ3v) is 6.88. The number of rotatable bonds is 7. The van der Waals surface area contributed by atoms with Gasteiger partial charge in [-0.3, -0.25) is 14.5 Å². The molecular weight excluding hydrogens is 505 g/mol. The molecule has 0 aliphatic carbocycles. The number of likely N-dealkylation sites (tertiary alicyclic amines) is 2. The van der Waals surface area contributed by atoms with Gasteiger partial charge >= 0.3 is 6.36 Å². The maximum atomic E-state index is 13.4. The minimum absolute atomic E-state index is 0.197. The Morgan fingerprint density at radius 3 is 2.45 bits per heavy atom. The molecule has 4 rings (SSSR count). The third-order valence-electron chi connectivity index (χ3n) is 6.88. The summed E-state index contributed by atoms with van der Waals surface area (Å²) in [6.07, 6.45) is 0.0341. The van der Waals surface area contributed by atoms with Crippen molar-refractivity contribution in [1.29, 1.82) is 0 Å². The minimum Gasteiger partial charge on any atom is -0.491 e. The zero-order chi connectivity index (χ0) is 27.3. The van der Waals surface area contributed by atoms with Crippen molar-refractivity contribution >= 4 is 11.8 Å². The van der Waals surface area contributed by atoms with Crippen LogP contribution in [0.25, 0.3) is 0 Å². The van der Waals surface area contributed by atoms with Crippen molar-refractivity contribution in [2.24, 2.45) is 0 Å². The molecule has 1 N–H and O–H groups in total. The number of amides is 2. The zero-order valence-electron chi connectivity index (χ0n) is 21.3. The van der Waals surface area contributed by atoms with Gasteiger partial charge in [-0.1, -0.05) is 18.6 Å². The van der Waals surface area contributed by atoms with Crippen LogP contribution in [0.15, 0.2) is 36.5 Å². The summed E-state index contributed by atoms with van der Waals surface area (Å²) in [4.78, 5) is 34.6. The molecule has 0 unspecified atom stereocenters. The number of nitrogens with one attached hydrogen (secondary N) is 1. The molecule has 2 aliphatic heterocycles. The van der Waals surface area contributed by atoms with Crippen LogP contribution in [0, 0.1) is 0 Å². The fraction of sp³-hybridized carbons (Fsp3) is 0.500. The number of hydrogen-bond acceptors (Lipinski definition) is 7. The highest BCUT2D eigenvalue weighted by molar-refractivity contribution is 5.97. The van der Waals surface area contributed by atoms with Crippen LogP contribution in [0.3, 0.4) is 0 Å². The number of ether oxygens (including phenoxy) is 3. The first-order valence-corrected chi connectivity index (χ1v) is 12.5. The molecule has 1 aromatic carbocycles. The fourth-order valence-electron chi connectivity index (χ4n) is 5.05. The van der Waals surface area contributed by atoms with E-state index in [-0.39, 0.29) is 29.4 Å². The van der Waals surface area contributed by atoms with E-state index in [0.29, 0.717) is 30.8 Å². The van der Waals surface area contributed by atoms with E-state index in [1.807, 2.05) is 0 Å². The second-order valence-electron chi connectivity index (χ2n) is 9.26. The Morgan fingerprint density at radius 2 is 1.76 bits per heavy atom. The van der Waals surface area contributed by atoms with Gasteiger partial charge in [0.15, 0.2) is 5.75 Å². The van der Waals surface area contributed by atoms with Crippen LogP contribution < -0.4 is 19.5 Å². The molecule has 12 heteroatoms. The first kappa shape index (κ1) is 27.5. The van der Waals surface area contributed by atoms with Crippen molar-refractivity contribution in [3.8, 4) is 17.4 Å². The summed E-state index contributed by atoms with van der Waals surface area (Å²) >= 11 is 0. The number of carbonyl (C=O) groups excluding carboxylic acids is 2. The number of hydrogen-bond donors (Lipinski definition) is 1. The molecule has 2 amide bonds. The Balaban J connectivity index is 1.53. The SMILES string of the molecule is COc1cc(C(=O)N2CC[C@@H](NC(=O)c3ccccc3OC(F)(F)F)[C@H](N3CCCCC3)C2)cnc1OC. The Morgan fingerprint density at radius 1 is 1.03 bits per heavy atom. The highest BCUT2D eigenvalue weighted by atomic mass is 19.4. The first-order valence-electron chi connectivity index (χ1n) is 12.5. The smallest absolute Gasteiger partial charge is 0.491 e. The van der Waals surface area contributed by atoms with Crippen molar-refractivity contribution in [2.75, 3.05) is 40.4 Å². The molecule has 2 aromatic rings. The van der Waals surface area contributed by atoms with E-state index < -0.39 is 18.0 Å². The number of para-hydroxylation sites is 1. The largest absolute Gasteiger partial charge is 0.573 e. The van der Waals surface area contributed by atoms with Crippen LogP contribution in [-0.2, 0) is 0 Å². The Kier molecular flexibility index (Phi) is 8.60. The molecule has 3 heterocycles. The highest BCUT2D eigenvalue weighted by Crippen LogP contribution is 2.29. The van der Waals surface area contributed by atoms with Crippen LogP contribution in [0.1, 0.15) is 46.4 Å². The van der Waals surface area contributed by atoms with Crippen molar-refractivity contribution in [3.63, 3.8) is 0 Å². The molecule has 2 fully saturated rings. The fourth-order valence-corrected chi connectivity index (χ4v) is 5.05. The maximum absolute atomic E-state index is 13.4. The monoisotopic (exact) mass is 536 g/mol. The Bertz CT molecular complexity index is 1140. The van der Waals surface area contributed by atoms with Gasteiger partial charge in [-0.15, -0.1) is 13.2 Å². The van der Waals surface area contributed by atoms with E-state index in [9.17, 15) is 22.8 Å². The summed E-state index contributed by atoms with van der Waals surface area (Å²) in [6.45, 7) is 2.32. The molecule has 2 atom stereocenters. The lowest BCUT2D eigenvalue weighted by molar-refractivity contribution is -0.274. The summed E-state index contributed by atoms with van der Waals surface area (Å²) in [5.41, 5.74) is 0.151. The Labute approximate surface area is 218 Å². The van der Waals surface area contributed by atoms with Gasteiger partial charge in [0.2, 0.25) is 0 Å².